The molecule has 0 fully saturated rings. The maximum Gasteiger partial charge on any atom is 0.181 e. The Kier molecular flexibility index (Phi) is 3.39. The molecule has 0 atom stereocenters. The third-order valence-corrected chi connectivity index (χ3v) is 2.46. The summed E-state index contributed by atoms with van der Waals surface area (Å²) in [7, 11) is 1.59. The van der Waals surface area contributed by atoms with Crippen molar-refractivity contribution in [3.8, 4) is 11.5 Å². The normalized spacial score (nSPS) is 10.2. The predicted molar refractivity (Wildman–Crippen MR) is 65.3 cm³/mol. The molecule has 0 radical (unpaired) electrons. The molecule has 0 aliphatic carbocycles. The minimum Gasteiger partial charge on any atom is -0.493 e. The van der Waals surface area contributed by atoms with Gasteiger partial charge >= 0.3 is 0 Å². The van der Waals surface area contributed by atoms with Crippen molar-refractivity contribution in [2.45, 2.75) is 6.73 Å². The number of anilines is 1. The summed E-state index contributed by atoms with van der Waals surface area (Å²) in [4.78, 5) is 0. The average molecular weight is 254 g/mol. The molecule has 0 saturated heterocycles. The van der Waals surface area contributed by atoms with Gasteiger partial charge in [0.15, 0.2) is 24.0 Å². The van der Waals surface area contributed by atoms with Crippen LogP contribution in [-0.2, 0) is 6.73 Å². The number of hydrogen-bond donors (Lipinski definition) is 1. The van der Waals surface area contributed by atoms with Gasteiger partial charge in [-0.2, -0.15) is 5.10 Å². The molecule has 0 aliphatic heterocycles. The molecule has 2 rings (SSSR count). The highest BCUT2D eigenvalue weighted by atomic mass is 35.5. The van der Waals surface area contributed by atoms with E-state index in [9.17, 15) is 0 Å². The second-order valence-corrected chi connectivity index (χ2v) is 3.73. The van der Waals surface area contributed by atoms with Crippen molar-refractivity contribution < 1.29 is 9.47 Å². The molecule has 1 aromatic heterocycles. The van der Waals surface area contributed by atoms with E-state index >= 15 is 0 Å². The molecule has 6 heteroatoms. The van der Waals surface area contributed by atoms with Crippen molar-refractivity contribution in [2.24, 2.45) is 0 Å². The van der Waals surface area contributed by atoms with Gasteiger partial charge in [-0.25, -0.2) is 4.68 Å². The zero-order chi connectivity index (χ0) is 12.3. The summed E-state index contributed by atoms with van der Waals surface area (Å²) in [6.07, 6.45) is 1.60. The lowest BCUT2D eigenvalue weighted by Crippen LogP contribution is -2.06. The lowest BCUT2D eigenvalue weighted by molar-refractivity contribution is 0.211. The number of halogens is 1. The van der Waals surface area contributed by atoms with Crippen LogP contribution in [0.5, 0.6) is 11.5 Å². The number of ether oxygens (including phenoxy) is 2. The number of para-hydroxylation sites is 2. The Balaban J connectivity index is 2.07. The molecule has 0 bridgehead atoms. The number of hydrogen-bond acceptors (Lipinski definition) is 4. The molecule has 1 aromatic carbocycles. The molecule has 0 unspecified atom stereocenters. The van der Waals surface area contributed by atoms with E-state index in [1.165, 1.54) is 4.68 Å². The third-order valence-electron chi connectivity index (χ3n) is 2.16. The zero-order valence-electron chi connectivity index (χ0n) is 9.26. The smallest absolute Gasteiger partial charge is 0.181 e. The van der Waals surface area contributed by atoms with E-state index in [1.807, 2.05) is 24.3 Å². The predicted octanol–water partition coefficient (Wildman–Crippen LogP) is 2.16. The van der Waals surface area contributed by atoms with Gasteiger partial charge in [0.25, 0.3) is 0 Å². The molecule has 0 amide bonds. The fraction of sp³-hybridized carbons (Fsp3) is 0.182. The quantitative estimate of drug-likeness (QED) is 0.907. The molecule has 0 saturated carbocycles. The van der Waals surface area contributed by atoms with Crippen LogP contribution in [0.25, 0.3) is 0 Å². The summed E-state index contributed by atoms with van der Waals surface area (Å²) < 4.78 is 12.2. The van der Waals surface area contributed by atoms with Crippen LogP contribution in [0.3, 0.4) is 0 Å². The Morgan fingerprint density at radius 2 is 2.06 bits per heavy atom. The lowest BCUT2D eigenvalue weighted by atomic mass is 10.3. The Morgan fingerprint density at radius 3 is 2.65 bits per heavy atom. The number of aromatic nitrogens is 2. The van der Waals surface area contributed by atoms with Crippen molar-refractivity contribution >= 4 is 17.4 Å². The molecular weight excluding hydrogens is 242 g/mol. The maximum atomic E-state index is 5.78. The third kappa shape index (κ3) is 2.62. The molecule has 5 nitrogen and oxygen atoms in total. The van der Waals surface area contributed by atoms with Gasteiger partial charge in [0.2, 0.25) is 0 Å². The van der Waals surface area contributed by atoms with Crippen molar-refractivity contribution in [1.82, 2.24) is 9.78 Å². The van der Waals surface area contributed by atoms with E-state index in [1.54, 1.807) is 13.3 Å². The molecule has 2 N–H and O–H groups in total. The summed E-state index contributed by atoms with van der Waals surface area (Å²) in [6.45, 7) is 0.220. The second kappa shape index (κ2) is 4.97. The van der Waals surface area contributed by atoms with Gasteiger partial charge in [0.05, 0.1) is 7.11 Å². The Labute approximate surface area is 104 Å². The monoisotopic (exact) mass is 253 g/mol. The van der Waals surface area contributed by atoms with Crippen molar-refractivity contribution in [3.05, 3.63) is 35.5 Å². The summed E-state index contributed by atoms with van der Waals surface area (Å²) in [5.41, 5.74) is 5.52. The summed E-state index contributed by atoms with van der Waals surface area (Å²) in [6, 6.07) is 7.36. The molecule has 90 valence electrons. The van der Waals surface area contributed by atoms with Crippen LogP contribution in [0, 0.1) is 0 Å². The largest absolute Gasteiger partial charge is 0.493 e. The molecule has 2 aromatic rings. The first-order valence-electron chi connectivity index (χ1n) is 4.95. The Bertz CT molecular complexity index is 494. The maximum absolute atomic E-state index is 5.78. The number of nitrogens with zero attached hydrogens (tertiary/aromatic N) is 2. The van der Waals surface area contributed by atoms with Gasteiger partial charge < -0.3 is 15.2 Å². The van der Waals surface area contributed by atoms with Crippen LogP contribution in [-0.4, -0.2) is 16.9 Å². The number of nitrogen functional groups attached to an aromatic ring is 1. The van der Waals surface area contributed by atoms with Crippen LogP contribution >= 0.6 is 11.6 Å². The SMILES string of the molecule is COc1ccccc1OCn1cc(Cl)c(N)n1. The molecular formula is C11H12ClN3O2. The van der Waals surface area contributed by atoms with E-state index in [-0.39, 0.29) is 12.5 Å². The van der Waals surface area contributed by atoms with Crippen molar-refractivity contribution in [2.75, 3.05) is 12.8 Å². The van der Waals surface area contributed by atoms with Gasteiger partial charge in [-0.3, -0.25) is 0 Å². The standard InChI is InChI=1S/C11H12ClN3O2/c1-16-9-4-2-3-5-10(9)17-7-15-6-8(12)11(13)14-15/h2-6H,7H2,1H3,(H2,13,14). The number of nitrogens with two attached hydrogens (primary N) is 1. The lowest BCUT2D eigenvalue weighted by Gasteiger charge is -2.09. The minimum absolute atomic E-state index is 0.220. The first kappa shape index (κ1) is 11.6. The van der Waals surface area contributed by atoms with E-state index in [2.05, 4.69) is 5.10 Å². The Morgan fingerprint density at radius 1 is 1.35 bits per heavy atom. The fourth-order valence-corrected chi connectivity index (χ4v) is 1.50. The van der Waals surface area contributed by atoms with Gasteiger partial charge in [0.1, 0.15) is 5.02 Å². The number of benzene rings is 1. The van der Waals surface area contributed by atoms with Crippen LogP contribution in [0.2, 0.25) is 5.02 Å². The molecule has 0 aliphatic rings. The number of rotatable bonds is 4. The fourth-order valence-electron chi connectivity index (χ4n) is 1.35. The second-order valence-electron chi connectivity index (χ2n) is 3.33. The zero-order valence-corrected chi connectivity index (χ0v) is 10.0. The number of methoxy groups -OCH3 is 1. The van der Waals surface area contributed by atoms with E-state index in [0.717, 1.165) is 0 Å². The van der Waals surface area contributed by atoms with Crippen molar-refractivity contribution in [3.63, 3.8) is 0 Å². The average Bonchev–Trinajstić information content (AvgIpc) is 2.66. The van der Waals surface area contributed by atoms with Crippen LogP contribution in [0.4, 0.5) is 5.82 Å². The van der Waals surface area contributed by atoms with E-state index in [0.29, 0.717) is 16.5 Å². The highest BCUT2D eigenvalue weighted by Crippen LogP contribution is 2.26. The Hall–Kier alpha value is -1.88. The first-order valence-corrected chi connectivity index (χ1v) is 5.32. The van der Waals surface area contributed by atoms with Crippen LogP contribution in [0.15, 0.2) is 30.5 Å². The van der Waals surface area contributed by atoms with Gasteiger partial charge in [-0.15, -0.1) is 0 Å². The summed E-state index contributed by atoms with van der Waals surface area (Å²) >= 11 is 5.78. The molecule has 17 heavy (non-hydrogen) atoms. The highest BCUT2D eigenvalue weighted by Gasteiger charge is 2.05. The summed E-state index contributed by atoms with van der Waals surface area (Å²) in [5.74, 6) is 1.59. The molecule has 1 heterocycles. The van der Waals surface area contributed by atoms with Crippen LogP contribution < -0.4 is 15.2 Å². The van der Waals surface area contributed by atoms with Crippen molar-refractivity contribution in [1.29, 1.82) is 0 Å². The van der Waals surface area contributed by atoms with Gasteiger partial charge in [-0.1, -0.05) is 23.7 Å². The van der Waals surface area contributed by atoms with E-state index in [4.69, 9.17) is 26.8 Å². The summed E-state index contributed by atoms with van der Waals surface area (Å²) in [5, 5.41) is 4.39. The van der Waals surface area contributed by atoms with Crippen LogP contribution in [0.1, 0.15) is 0 Å². The topological polar surface area (TPSA) is 62.3 Å². The highest BCUT2D eigenvalue weighted by molar-refractivity contribution is 6.32. The van der Waals surface area contributed by atoms with E-state index < -0.39 is 0 Å². The van der Waals surface area contributed by atoms with Gasteiger partial charge in [-0.05, 0) is 12.1 Å². The molecule has 0 spiro atoms. The van der Waals surface area contributed by atoms with Gasteiger partial charge in [0, 0.05) is 6.20 Å². The minimum atomic E-state index is 0.220. The first-order chi connectivity index (χ1) is 8.20.